The van der Waals surface area contributed by atoms with E-state index in [1.165, 1.54) is 0 Å². The number of rotatable bonds is 3. The van der Waals surface area contributed by atoms with Gasteiger partial charge < -0.3 is 14.0 Å². The number of hydrogen-bond donors (Lipinski definition) is 0. The summed E-state index contributed by atoms with van der Waals surface area (Å²) in [6.45, 7) is 11.0. The molecule has 5 nitrogen and oxygen atoms in total. The molecule has 0 spiro atoms. The molecule has 0 aromatic carbocycles. The number of carbonyl (C=O) groups is 1. The fraction of sp³-hybridized carbons (Fsp3) is 0.556. The second kappa shape index (κ2) is 5.87. The molecule has 0 bridgehead atoms. The first kappa shape index (κ1) is 15.8. The fourth-order valence-electron chi connectivity index (χ4n) is 3.80. The average molecular weight is 315 g/mol. The van der Waals surface area contributed by atoms with E-state index in [2.05, 4.69) is 30.5 Å². The Labute approximate surface area is 137 Å². The van der Waals surface area contributed by atoms with Crippen LogP contribution in [0.2, 0.25) is 0 Å². The van der Waals surface area contributed by atoms with Gasteiger partial charge in [-0.1, -0.05) is 5.16 Å². The zero-order valence-electron chi connectivity index (χ0n) is 14.6. The van der Waals surface area contributed by atoms with Gasteiger partial charge in [-0.05, 0) is 53.5 Å². The molecular weight excluding hydrogens is 290 g/mol. The summed E-state index contributed by atoms with van der Waals surface area (Å²) in [5.41, 5.74) is 3.85. The van der Waals surface area contributed by atoms with Gasteiger partial charge in [-0.2, -0.15) is 0 Å². The van der Waals surface area contributed by atoms with Crippen LogP contribution < -0.4 is 0 Å². The molecule has 3 heterocycles. The molecule has 2 aromatic heterocycles. The quantitative estimate of drug-likeness (QED) is 0.861. The summed E-state index contributed by atoms with van der Waals surface area (Å²) in [6.07, 6.45) is 1.95. The highest BCUT2D eigenvalue weighted by Gasteiger charge is 2.34. The Hall–Kier alpha value is -2.04. The molecule has 23 heavy (non-hydrogen) atoms. The molecule has 0 N–H and O–H groups in total. The first-order valence-corrected chi connectivity index (χ1v) is 8.32. The molecule has 1 aliphatic heterocycles. The van der Waals surface area contributed by atoms with Crippen molar-refractivity contribution >= 4 is 5.91 Å². The monoisotopic (exact) mass is 315 g/mol. The van der Waals surface area contributed by atoms with Crippen LogP contribution in [0.1, 0.15) is 72.0 Å². The highest BCUT2D eigenvalue weighted by Crippen LogP contribution is 2.34. The lowest BCUT2D eigenvalue weighted by Crippen LogP contribution is -2.31. The highest BCUT2D eigenvalue weighted by molar-refractivity contribution is 5.96. The van der Waals surface area contributed by atoms with E-state index in [-0.39, 0.29) is 11.9 Å². The van der Waals surface area contributed by atoms with Gasteiger partial charge in [0, 0.05) is 30.0 Å². The van der Waals surface area contributed by atoms with E-state index in [1.807, 2.05) is 30.9 Å². The Balaban J connectivity index is 1.92. The van der Waals surface area contributed by atoms with Gasteiger partial charge in [0.15, 0.2) is 0 Å². The van der Waals surface area contributed by atoms with Crippen LogP contribution in [0.25, 0.3) is 0 Å². The Morgan fingerprint density at radius 1 is 1.30 bits per heavy atom. The molecule has 1 unspecified atom stereocenters. The third kappa shape index (κ3) is 2.69. The SMILES string of the molecule is Cc1cc(C2CCCN2C(=O)c2cc(C)n(C(C)C)c2C)no1. The van der Waals surface area contributed by atoms with Crippen LogP contribution in [-0.4, -0.2) is 27.1 Å². The summed E-state index contributed by atoms with van der Waals surface area (Å²) in [7, 11) is 0. The van der Waals surface area contributed by atoms with E-state index >= 15 is 0 Å². The summed E-state index contributed by atoms with van der Waals surface area (Å²) in [5, 5.41) is 4.12. The number of hydrogen-bond acceptors (Lipinski definition) is 3. The van der Waals surface area contributed by atoms with Crippen molar-refractivity contribution in [2.45, 2.75) is 59.5 Å². The predicted molar refractivity (Wildman–Crippen MR) is 88.5 cm³/mol. The van der Waals surface area contributed by atoms with E-state index < -0.39 is 0 Å². The Morgan fingerprint density at radius 3 is 2.61 bits per heavy atom. The maximum Gasteiger partial charge on any atom is 0.256 e. The van der Waals surface area contributed by atoms with Gasteiger partial charge in [0.1, 0.15) is 11.5 Å². The minimum atomic E-state index is 0.0297. The standard InChI is InChI=1S/C18H25N3O2/c1-11(2)21-12(3)9-15(14(21)5)18(22)20-8-6-7-17(20)16-10-13(4)23-19-16/h9-11,17H,6-8H2,1-5H3. The largest absolute Gasteiger partial charge is 0.361 e. The smallest absolute Gasteiger partial charge is 0.256 e. The predicted octanol–water partition coefficient (Wildman–Crippen LogP) is 3.96. The zero-order valence-corrected chi connectivity index (χ0v) is 14.6. The van der Waals surface area contributed by atoms with Crippen molar-refractivity contribution < 1.29 is 9.32 Å². The van der Waals surface area contributed by atoms with E-state index in [4.69, 9.17) is 4.52 Å². The van der Waals surface area contributed by atoms with Crippen LogP contribution in [0, 0.1) is 20.8 Å². The summed E-state index contributed by atoms with van der Waals surface area (Å²) >= 11 is 0. The summed E-state index contributed by atoms with van der Waals surface area (Å²) < 4.78 is 7.42. The van der Waals surface area contributed by atoms with E-state index in [9.17, 15) is 4.79 Å². The van der Waals surface area contributed by atoms with Gasteiger partial charge in [-0.3, -0.25) is 4.79 Å². The van der Waals surface area contributed by atoms with Crippen LogP contribution in [0.3, 0.4) is 0 Å². The van der Waals surface area contributed by atoms with Crippen LogP contribution in [0.15, 0.2) is 16.7 Å². The first-order chi connectivity index (χ1) is 10.9. The molecule has 1 aliphatic rings. The van der Waals surface area contributed by atoms with Crippen molar-refractivity contribution in [3.63, 3.8) is 0 Å². The highest BCUT2D eigenvalue weighted by atomic mass is 16.5. The third-order valence-corrected chi connectivity index (χ3v) is 4.73. The second-order valence-electron chi connectivity index (χ2n) is 6.77. The minimum Gasteiger partial charge on any atom is -0.361 e. The molecule has 0 saturated carbocycles. The van der Waals surface area contributed by atoms with E-state index in [0.29, 0.717) is 6.04 Å². The van der Waals surface area contributed by atoms with Gasteiger partial charge in [-0.25, -0.2) is 0 Å². The molecule has 1 saturated heterocycles. The molecule has 3 rings (SSSR count). The van der Waals surface area contributed by atoms with Crippen molar-refractivity contribution in [1.29, 1.82) is 0 Å². The van der Waals surface area contributed by atoms with Gasteiger partial charge in [-0.15, -0.1) is 0 Å². The molecule has 2 aromatic rings. The van der Waals surface area contributed by atoms with Crippen molar-refractivity contribution in [3.8, 4) is 0 Å². The number of likely N-dealkylation sites (tertiary alicyclic amines) is 1. The van der Waals surface area contributed by atoms with Gasteiger partial charge in [0.25, 0.3) is 5.91 Å². The number of amides is 1. The van der Waals surface area contributed by atoms with E-state index in [1.54, 1.807) is 0 Å². The molecule has 0 radical (unpaired) electrons. The first-order valence-electron chi connectivity index (χ1n) is 8.32. The summed E-state index contributed by atoms with van der Waals surface area (Å²) in [4.78, 5) is 15.0. The fourth-order valence-corrected chi connectivity index (χ4v) is 3.80. The topological polar surface area (TPSA) is 51.3 Å². The number of carbonyl (C=O) groups excluding carboxylic acids is 1. The van der Waals surface area contributed by atoms with Crippen LogP contribution in [-0.2, 0) is 0 Å². The Morgan fingerprint density at radius 2 is 2.04 bits per heavy atom. The van der Waals surface area contributed by atoms with E-state index in [0.717, 1.165) is 47.8 Å². The Bertz CT molecular complexity index is 727. The number of aromatic nitrogens is 2. The normalized spacial score (nSPS) is 18.2. The van der Waals surface area contributed by atoms with Gasteiger partial charge in [0.05, 0.1) is 11.6 Å². The molecule has 1 fully saturated rings. The van der Waals surface area contributed by atoms with Crippen molar-refractivity contribution in [2.75, 3.05) is 6.54 Å². The van der Waals surface area contributed by atoms with Crippen molar-refractivity contribution in [1.82, 2.24) is 14.6 Å². The van der Waals surface area contributed by atoms with Crippen molar-refractivity contribution in [3.05, 3.63) is 40.5 Å². The number of aryl methyl sites for hydroxylation is 2. The van der Waals surface area contributed by atoms with Crippen LogP contribution in [0.4, 0.5) is 0 Å². The molecule has 5 heteroatoms. The molecular formula is C18H25N3O2. The average Bonchev–Trinajstić information content (AvgIpc) is 3.16. The molecule has 0 aliphatic carbocycles. The summed E-state index contributed by atoms with van der Waals surface area (Å²) in [6, 6.07) is 4.33. The van der Waals surface area contributed by atoms with Gasteiger partial charge >= 0.3 is 0 Å². The molecule has 124 valence electrons. The van der Waals surface area contributed by atoms with Gasteiger partial charge in [0.2, 0.25) is 0 Å². The Kier molecular flexibility index (Phi) is 4.04. The van der Waals surface area contributed by atoms with Crippen LogP contribution in [0.5, 0.6) is 0 Å². The maximum absolute atomic E-state index is 13.1. The lowest BCUT2D eigenvalue weighted by Gasteiger charge is -2.23. The lowest BCUT2D eigenvalue weighted by molar-refractivity contribution is 0.0730. The molecule has 1 amide bonds. The maximum atomic E-state index is 13.1. The second-order valence-corrected chi connectivity index (χ2v) is 6.77. The molecule has 1 atom stereocenters. The van der Waals surface area contributed by atoms with Crippen molar-refractivity contribution in [2.24, 2.45) is 0 Å². The minimum absolute atomic E-state index is 0.0297. The van der Waals surface area contributed by atoms with Crippen LogP contribution >= 0.6 is 0 Å². The zero-order chi connectivity index (χ0) is 16.7. The lowest BCUT2D eigenvalue weighted by atomic mass is 10.1. The summed E-state index contributed by atoms with van der Waals surface area (Å²) in [5.74, 6) is 0.894. The number of nitrogens with zero attached hydrogens (tertiary/aromatic N) is 3. The third-order valence-electron chi connectivity index (χ3n) is 4.73.